The van der Waals surface area contributed by atoms with Crippen molar-refractivity contribution < 1.29 is 9.21 Å². The van der Waals surface area contributed by atoms with Crippen LogP contribution in [0.15, 0.2) is 52.9 Å². The Kier molecular flexibility index (Phi) is 6.76. The van der Waals surface area contributed by atoms with Crippen LogP contribution in [-0.4, -0.2) is 66.6 Å². The zero-order valence-corrected chi connectivity index (χ0v) is 25.3. The number of aryl methyl sites for hydroxylation is 1. The Morgan fingerprint density at radius 2 is 1.81 bits per heavy atom. The quantitative estimate of drug-likeness (QED) is 0.270. The summed E-state index contributed by atoms with van der Waals surface area (Å²) in [5.74, 6) is 1.38. The Hall–Kier alpha value is -4.31. The van der Waals surface area contributed by atoms with E-state index in [9.17, 15) is 4.79 Å². The van der Waals surface area contributed by atoms with Crippen molar-refractivity contribution in [3.8, 4) is 22.8 Å². The van der Waals surface area contributed by atoms with Crippen molar-refractivity contribution in [2.24, 2.45) is 0 Å². The van der Waals surface area contributed by atoms with Gasteiger partial charge >= 0.3 is 0 Å². The zero-order chi connectivity index (χ0) is 29.8. The number of carbonyl (C=O) groups excluding carboxylic acids is 1. The molecule has 0 atom stereocenters. The maximum atomic E-state index is 14.0. The van der Waals surface area contributed by atoms with Crippen molar-refractivity contribution in [3.05, 3.63) is 70.4 Å². The molecule has 1 aliphatic heterocycles. The van der Waals surface area contributed by atoms with Gasteiger partial charge in [-0.2, -0.15) is 5.21 Å². The SMILES string of the molecule is Cc1ccc(N2CCN(C(=O)c3cc4nc(-c5ccc(Cl)cc5)cc(C(C)(C)C)c4o3)C(C)(C)C2)nc1-c1nn[nH]n1. The van der Waals surface area contributed by atoms with Crippen molar-refractivity contribution in [2.45, 2.75) is 52.5 Å². The molecule has 0 spiro atoms. The molecule has 1 aliphatic rings. The molecule has 1 aromatic carbocycles. The Morgan fingerprint density at radius 3 is 2.48 bits per heavy atom. The molecule has 1 N–H and O–H groups in total. The van der Waals surface area contributed by atoms with Gasteiger partial charge in [0.15, 0.2) is 11.3 Å². The van der Waals surface area contributed by atoms with E-state index in [0.29, 0.717) is 47.3 Å². The molecule has 5 aromatic rings. The van der Waals surface area contributed by atoms with E-state index >= 15 is 0 Å². The number of hydrogen-bond donors (Lipinski definition) is 1. The molecule has 1 amide bonds. The van der Waals surface area contributed by atoms with Gasteiger partial charge < -0.3 is 14.2 Å². The Labute approximate surface area is 249 Å². The number of H-pyrrole nitrogens is 1. The number of amides is 1. The van der Waals surface area contributed by atoms with Crippen LogP contribution in [0.1, 0.15) is 56.3 Å². The van der Waals surface area contributed by atoms with Crippen molar-refractivity contribution >= 4 is 34.4 Å². The molecule has 0 saturated carbocycles. The maximum absolute atomic E-state index is 14.0. The van der Waals surface area contributed by atoms with Gasteiger partial charge in [0.05, 0.1) is 11.2 Å². The lowest BCUT2D eigenvalue weighted by atomic mass is 9.86. The normalized spacial score (nSPS) is 15.4. The number of carbonyl (C=O) groups is 1. The summed E-state index contributed by atoms with van der Waals surface area (Å²) in [7, 11) is 0. The number of aromatic nitrogens is 6. The number of rotatable bonds is 4. The van der Waals surface area contributed by atoms with Crippen LogP contribution in [0.3, 0.4) is 0 Å². The van der Waals surface area contributed by atoms with E-state index in [2.05, 4.69) is 60.1 Å². The highest BCUT2D eigenvalue weighted by Gasteiger charge is 2.39. The van der Waals surface area contributed by atoms with Crippen LogP contribution in [0.2, 0.25) is 5.02 Å². The first-order valence-corrected chi connectivity index (χ1v) is 14.3. The van der Waals surface area contributed by atoms with Gasteiger partial charge in [-0.15, -0.1) is 10.2 Å². The fourth-order valence-electron chi connectivity index (χ4n) is 5.50. The zero-order valence-electron chi connectivity index (χ0n) is 24.6. The van der Waals surface area contributed by atoms with E-state index in [1.54, 1.807) is 6.07 Å². The van der Waals surface area contributed by atoms with Gasteiger partial charge in [0.25, 0.3) is 5.91 Å². The lowest BCUT2D eigenvalue weighted by Crippen LogP contribution is -2.61. The number of hydrogen-bond acceptors (Lipinski definition) is 8. The number of aromatic amines is 1. The standard InChI is InChI=1S/C31H33ClN8O2/c1-18-7-12-25(34-26(18)28-35-37-38-36-28)39-13-14-40(31(5,6)17-39)29(41)24-16-23-27(42-24)21(30(2,3)4)15-22(33-23)19-8-10-20(32)11-9-19/h7-12,15-16H,13-14,17H2,1-6H3,(H,35,36,37,38). The molecule has 0 aliphatic carbocycles. The molecule has 6 rings (SSSR count). The minimum absolute atomic E-state index is 0.157. The third-order valence-corrected chi connectivity index (χ3v) is 8.00. The molecule has 1 saturated heterocycles. The first-order valence-electron chi connectivity index (χ1n) is 13.9. The summed E-state index contributed by atoms with van der Waals surface area (Å²) in [6.45, 7) is 14.2. The third-order valence-electron chi connectivity index (χ3n) is 7.75. The summed E-state index contributed by atoms with van der Waals surface area (Å²) < 4.78 is 6.30. The highest BCUT2D eigenvalue weighted by Crippen LogP contribution is 2.36. The molecule has 0 bridgehead atoms. The van der Waals surface area contributed by atoms with Gasteiger partial charge in [-0.3, -0.25) is 4.79 Å². The second-order valence-corrected chi connectivity index (χ2v) is 12.8. The fourth-order valence-corrected chi connectivity index (χ4v) is 5.62. The largest absolute Gasteiger partial charge is 0.449 e. The molecule has 4 aromatic heterocycles. The Bertz CT molecular complexity index is 1770. The second-order valence-electron chi connectivity index (χ2n) is 12.4. The van der Waals surface area contributed by atoms with E-state index in [1.165, 1.54) is 0 Å². The van der Waals surface area contributed by atoms with Crippen LogP contribution in [0, 0.1) is 6.92 Å². The van der Waals surface area contributed by atoms with E-state index in [-0.39, 0.29) is 17.1 Å². The molecule has 1 fully saturated rings. The molecule has 0 radical (unpaired) electrons. The summed E-state index contributed by atoms with van der Waals surface area (Å²) in [4.78, 5) is 27.7. The molecular weight excluding hydrogens is 552 g/mol. The van der Waals surface area contributed by atoms with Crippen molar-refractivity contribution in [2.75, 3.05) is 24.5 Å². The Morgan fingerprint density at radius 1 is 1.05 bits per heavy atom. The van der Waals surface area contributed by atoms with Crippen LogP contribution < -0.4 is 4.90 Å². The molecule has 11 heteroatoms. The predicted octanol–water partition coefficient (Wildman–Crippen LogP) is 6.07. The predicted molar refractivity (Wildman–Crippen MR) is 163 cm³/mol. The maximum Gasteiger partial charge on any atom is 0.290 e. The van der Waals surface area contributed by atoms with Gasteiger partial charge in [0, 0.05) is 41.9 Å². The van der Waals surface area contributed by atoms with Gasteiger partial charge in [0.2, 0.25) is 5.82 Å². The van der Waals surface area contributed by atoms with Crippen molar-refractivity contribution in [3.63, 3.8) is 0 Å². The number of halogens is 1. The number of anilines is 1. The molecule has 0 unspecified atom stereocenters. The van der Waals surface area contributed by atoms with E-state index in [4.69, 9.17) is 26.0 Å². The van der Waals surface area contributed by atoms with Crippen LogP contribution in [-0.2, 0) is 5.41 Å². The number of furan rings is 1. The van der Waals surface area contributed by atoms with E-state index in [1.807, 2.05) is 54.3 Å². The number of tetrazole rings is 1. The third kappa shape index (κ3) is 5.11. The highest BCUT2D eigenvalue weighted by atomic mass is 35.5. The molecule has 10 nitrogen and oxygen atoms in total. The molecule has 216 valence electrons. The second kappa shape index (κ2) is 10.2. The van der Waals surface area contributed by atoms with Crippen LogP contribution in [0.5, 0.6) is 0 Å². The van der Waals surface area contributed by atoms with Crippen molar-refractivity contribution in [1.29, 1.82) is 0 Å². The number of pyridine rings is 2. The first kappa shape index (κ1) is 27.8. The monoisotopic (exact) mass is 584 g/mol. The molecule has 5 heterocycles. The van der Waals surface area contributed by atoms with Crippen LogP contribution in [0.4, 0.5) is 5.82 Å². The number of benzene rings is 1. The number of nitrogens with zero attached hydrogens (tertiary/aromatic N) is 7. The molecule has 42 heavy (non-hydrogen) atoms. The summed E-state index contributed by atoms with van der Waals surface area (Å²) in [5, 5.41) is 15.0. The summed E-state index contributed by atoms with van der Waals surface area (Å²) in [6, 6.07) is 15.4. The highest BCUT2D eigenvalue weighted by molar-refractivity contribution is 6.30. The van der Waals surface area contributed by atoms with Gasteiger partial charge in [-0.05, 0) is 61.2 Å². The lowest BCUT2D eigenvalue weighted by Gasteiger charge is -2.47. The van der Waals surface area contributed by atoms with Gasteiger partial charge in [-0.1, -0.05) is 50.6 Å². The van der Waals surface area contributed by atoms with E-state index < -0.39 is 5.54 Å². The minimum Gasteiger partial charge on any atom is -0.449 e. The number of piperazine rings is 1. The topological polar surface area (TPSA) is 117 Å². The molecular formula is C31H33ClN8O2. The number of nitrogens with one attached hydrogen (secondary N) is 1. The number of fused-ring (bicyclic) bond motifs is 1. The fraction of sp³-hybridized carbons (Fsp3) is 0.355. The van der Waals surface area contributed by atoms with Gasteiger partial charge in [-0.25, -0.2) is 9.97 Å². The van der Waals surface area contributed by atoms with Crippen LogP contribution in [0.25, 0.3) is 33.9 Å². The first-order chi connectivity index (χ1) is 19.9. The lowest BCUT2D eigenvalue weighted by molar-refractivity contribution is 0.0483. The van der Waals surface area contributed by atoms with Gasteiger partial charge in [0.1, 0.15) is 17.0 Å². The average Bonchev–Trinajstić information content (AvgIpc) is 3.62. The summed E-state index contributed by atoms with van der Waals surface area (Å²) >= 11 is 6.12. The van der Waals surface area contributed by atoms with Crippen LogP contribution >= 0.6 is 11.6 Å². The summed E-state index contributed by atoms with van der Waals surface area (Å²) in [5.41, 5.74) is 4.95. The Balaban J connectivity index is 1.30. The van der Waals surface area contributed by atoms with Crippen molar-refractivity contribution in [1.82, 2.24) is 35.5 Å². The minimum atomic E-state index is -0.498. The summed E-state index contributed by atoms with van der Waals surface area (Å²) in [6.07, 6.45) is 0. The average molecular weight is 585 g/mol. The smallest absolute Gasteiger partial charge is 0.290 e. The van der Waals surface area contributed by atoms with E-state index in [0.717, 1.165) is 28.2 Å².